The minimum atomic E-state index is -0.739. The average molecular weight is 392 g/mol. The third-order valence-electron chi connectivity index (χ3n) is 4.86. The van der Waals surface area contributed by atoms with Crippen LogP contribution < -0.4 is 16.0 Å². The van der Waals surface area contributed by atoms with Gasteiger partial charge in [0.15, 0.2) is 6.29 Å². The molecule has 1 aromatic heterocycles. The van der Waals surface area contributed by atoms with E-state index in [1.807, 2.05) is 20.8 Å². The first-order valence-corrected chi connectivity index (χ1v) is 9.64. The topological polar surface area (TPSA) is 118 Å². The lowest BCUT2D eigenvalue weighted by Crippen LogP contribution is -2.53. The monoisotopic (exact) mass is 392 g/mol. The maximum absolute atomic E-state index is 12.6. The standard InChI is InChI=1S/C18H28N6O4/c1-5-13-7-15(25)21-18(19-13)24-14(6-10(2)22-24)20-16(26)17(27)23-8-11(3)28-12(4)9-23/h6,11-13,18-19H,5,7-9H2,1-4H3,(H,20,26)(H,21,25). The molecule has 0 saturated carbocycles. The molecule has 4 atom stereocenters. The molecular formula is C18H28N6O4. The van der Waals surface area contributed by atoms with Gasteiger partial charge in [0.25, 0.3) is 0 Å². The number of carbonyl (C=O) groups excluding carboxylic acids is 3. The number of rotatable bonds is 3. The fourth-order valence-corrected chi connectivity index (χ4v) is 3.62. The molecule has 2 aliphatic rings. The number of aromatic nitrogens is 2. The highest BCUT2D eigenvalue weighted by molar-refractivity contribution is 6.39. The summed E-state index contributed by atoms with van der Waals surface area (Å²) < 4.78 is 7.10. The minimum absolute atomic E-state index is 0.0183. The molecule has 0 aromatic carbocycles. The van der Waals surface area contributed by atoms with Crippen LogP contribution in [-0.4, -0.2) is 63.7 Å². The Hall–Kier alpha value is -2.46. The van der Waals surface area contributed by atoms with Crippen molar-refractivity contribution >= 4 is 23.5 Å². The lowest BCUT2D eigenvalue weighted by Gasteiger charge is -2.35. The summed E-state index contributed by atoms with van der Waals surface area (Å²) in [7, 11) is 0. The molecule has 154 valence electrons. The zero-order valence-electron chi connectivity index (χ0n) is 16.7. The smallest absolute Gasteiger partial charge is 0.315 e. The Morgan fingerprint density at radius 2 is 2.00 bits per heavy atom. The molecular weight excluding hydrogens is 364 g/mol. The second-order valence-corrected chi connectivity index (χ2v) is 7.48. The van der Waals surface area contributed by atoms with Gasteiger partial charge in [-0.25, -0.2) is 4.68 Å². The summed E-state index contributed by atoms with van der Waals surface area (Å²) in [6.07, 6.45) is 0.342. The summed E-state index contributed by atoms with van der Waals surface area (Å²) in [4.78, 5) is 38.6. The summed E-state index contributed by atoms with van der Waals surface area (Å²) in [5.74, 6) is -1.09. The molecule has 0 bridgehead atoms. The maximum Gasteiger partial charge on any atom is 0.315 e. The molecule has 3 rings (SSSR count). The summed E-state index contributed by atoms with van der Waals surface area (Å²) in [5, 5.41) is 13.1. The molecule has 0 aliphatic carbocycles. The van der Waals surface area contributed by atoms with Gasteiger partial charge in [0.2, 0.25) is 5.91 Å². The van der Waals surface area contributed by atoms with Gasteiger partial charge in [-0.05, 0) is 27.2 Å². The van der Waals surface area contributed by atoms with Crippen molar-refractivity contribution in [1.29, 1.82) is 0 Å². The third kappa shape index (κ3) is 4.50. The molecule has 2 fully saturated rings. The number of nitrogens with one attached hydrogen (secondary N) is 3. The first-order valence-electron chi connectivity index (χ1n) is 9.64. The van der Waals surface area contributed by atoms with Gasteiger partial charge >= 0.3 is 11.8 Å². The van der Waals surface area contributed by atoms with Crippen molar-refractivity contribution < 1.29 is 19.1 Å². The Labute approximate surface area is 164 Å². The first-order chi connectivity index (χ1) is 13.3. The van der Waals surface area contributed by atoms with E-state index in [-0.39, 0.29) is 24.2 Å². The number of hydrogen-bond donors (Lipinski definition) is 3. The highest BCUT2D eigenvalue weighted by atomic mass is 16.5. The molecule has 0 spiro atoms. The number of nitrogens with zero attached hydrogens (tertiary/aromatic N) is 3. The van der Waals surface area contributed by atoms with Gasteiger partial charge in [-0.15, -0.1) is 0 Å². The number of carbonyl (C=O) groups is 3. The zero-order chi connectivity index (χ0) is 20.4. The summed E-state index contributed by atoms with van der Waals surface area (Å²) in [5.41, 5.74) is 0.658. The van der Waals surface area contributed by atoms with Crippen LogP contribution in [0, 0.1) is 6.92 Å². The first kappa shape index (κ1) is 20.3. The number of morpholine rings is 1. The van der Waals surface area contributed by atoms with E-state index in [1.54, 1.807) is 13.0 Å². The number of ether oxygens (including phenoxy) is 1. The van der Waals surface area contributed by atoms with Crippen molar-refractivity contribution in [1.82, 2.24) is 25.3 Å². The Bertz CT molecular complexity index is 753. The van der Waals surface area contributed by atoms with Crippen LogP contribution in [0.3, 0.4) is 0 Å². The highest BCUT2D eigenvalue weighted by Gasteiger charge is 2.32. The molecule has 3 heterocycles. The summed E-state index contributed by atoms with van der Waals surface area (Å²) >= 11 is 0. The second kappa shape index (κ2) is 8.27. The van der Waals surface area contributed by atoms with Crippen molar-refractivity contribution in [2.45, 2.75) is 65.1 Å². The van der Waals surface area contributed by atoms with E-state index in [1.165, 1.54) is 9.58 Å². The Morgan fingerprint density at radius 1 is 1.32 bits per heavy atom. The zero-order valence-corrected chi connectivity index (χ0v) is 16.7. The van der Waals surface area contributed by atoms with Crippen LogP contribution in [-0.2, 0) is 19.1 Å². The highest BCUT2D eigenvalue weighted by Crippen LogP contribution is 2.19. The number of amides is 3. The SMILES string of the molecule is CCC1CC(=O)NC(n2nc(C)cc2NC(=O)C(=O)N2CC(C)OC(C)C2)N1. The molecule has 10 heteroatoms. The van der Waals surface area contributed by atoms with Gasteiger partial charge in [0.05, 0.1) is 17.9 Å². The molecule has 2 aliphatic heterocycles. The van der Waals surface area contributed by atoms with Gasteiger partial charge in [-0.3, -0.25) is 19.7 Å². The van der Waals surface area contributed by atoms with E-state index in [2.05, 4.69) is 21.0 Å². The van der Waals surface area contributed by atoms with E-state index >= 15 is 0 Å². The minimum Gasteiger partial charge on any atom is -0.372 e. The second-order valence-electron chi connectivity index (χ2n) is 7.48. The van der Waals surface area contributed by atoms with Crippen LogP contribution in [0.25, 0.3) is 0 Å². The van der Waals surface area contributed by atoms with Crippen LogP contribution in [0.15, 0.2) is 6.07 Å². The summed E-state index contributed by atoms with van der Waals surface area (Å²) in [6, 6.07) is 1.68. The van der Waals surface area contributed by atoms with Crippen molar-refractivity contribution in [3.8, 4) is 0 Å². The van der Waals surface area contributed by atoms with Crippen molar-refractivity contribution in [2.24, 2.45) is 0 Å². The molecule has 2 saturated heterocycles. The molecule has 3 amide bonds. The predicted molar refractivity (Wildman–Crippen MR) is 101 cm³/mol. The van der Waals surface area contributed by atoms with Crippen LogP contribution in [0.5, 0.6) is 0 Å². The molecule has 10 nitrogen and oxygen atoms in total. The summed E-state index contributed by atoms with van der Waals surface area (Å²) in [6.45, 7) is 8.25. The number of hydrogen-bond acceptors (Lipinski definition) is 6. The normalized spacial score (nSPS) is 28.0. The fourth-order valence-electron chi connectivity index (χ4n) is 3.62. The molecule has 28 heavy (non-hydrogen) atoms. The third-order valence-corrected chi connectivity index (χ3v) is 4.86. The number of aryl methyl sites for hydroxylation is 1. The molecule has 1 aromatic rings. The maximum atomic E-state index is 12.6. The number of anilines is 1. The Morgan fingerprint density at radius 3 is 2.64 bits per heavy atom. The average Bonchev–Trinajstić information content (AvgIpc) is 2.99. The molecule has 3 N–H and O–H groups in total. The van der Waals surface area contributed by atoms with Gasteiger partial charge in [0, 0.05) is 31.6 Å². The van der Waals surface area contributed by atoms with Crippen molar-refractivity contribution in [3.63, 3.8) is 0 Å². The van der Waals surface area contributed by atoms with Crippen LogP contribution >= 0.6 is 0 Å². The van der Waals surface area contributed by atoms with Gasteiger partial charge < -0.3 is 20.3 Å². The van der Waals surface area contributed by atoms with E-state index in [4.69, 9.17) is 4.74 Å². The van der Waals surface area contributed by atoms with E-state index in [0.29, 0.717) is 31.0 Å². The van der Waals surface area contributed by atoms with Gasteiger partial charge in [-0.2, -0.15) is 5.10 Å². The molecule has 0 radical (unpaired) electrons. The van der Waals surface area contributed by atoms with Crippen molar-refractivity contribution in [3.05, 3.63) is 11.8 Å². The predicted octanol–water partition coefficient (Wildman–Crippen LogP) is 0.110. The Balaban J connectivity index is 1.73. The lowest BCUT2D eigenvalue weighted by atomic mass is 10.1. The van der Waals surface area contributed by atoms with Gasteiger partial charge in [-0.1, -0.05) is 6.92 Å². The fraction of sp³-hybridized carbons (Fsp3) is 0.667. The van der Waals surface area contributed by atoms with Crippen LogP contribution in [0.2, 0.25) is 0 Å². The van der Waals surface area contributed by atoms with Crippen molar-refractivity contribution in [2.75, 3.05) is 18.4 Å². The van der Waals surface area contributed by atoms with E-state index in [0.717, 1.165) is 6.42 Å². The quantitative estimate of drug-likeness (QED) is 0.629. The Kier molecular flexibility index (Phi) is 5.99. The van der Waals surface area contributed by atoms with Crippen LogP contribution in [0.4, 0.5) is 5.82 Å². The van der Waals surface area contributed by atoms with Gasteiger partial charge in [0.1, 0.15) is 5.82 Å². The van der Waals surface area contributed by atoms with E-state index in [9.17, 15) is 14.4 Å². The largest absolute Gasteiger partial charge is 0.372 e. The van der Waals surface area contributed by atoms with Crippen LogP contribution in [0.1, 0.15) is 45.6 Å². The van der Waals surface area contributed by atoms with E-state index < -0.39 is 18.1 Å². The lowest BCUT2D eigenvalue weighted by molar-refractivity contribution is -0.151. The molecule has 4 unspecified atom stereocenters.